The van der Waals surface area contributed by atoms with E-state index in [2.05, 4.69) is 11.8 Å². The Morgan fingerprint density at radius 1 is 1.27 bits per heavy atom. The fraction of sp³-hybridized carbons (Fsp3) is 1.00. The second-order valence-corrected chi connectivity index (χ2v) is 2.64. The maximum atomic E-state index is 8.65. The maximum absolute atomic E-state index is 8.65. The van der Waals surface area contributed by atoms with Gasteiger partial charge in [-0.05, 0) is 6.54 Å². The van der Waals surface area contributed by atoms with Crippen LogP contribution in [0.4, 0.5) is 0 Å². The van der Waals surface area contributed by atoms with Crippen LogP contribution in [0.2, 0.25) is 0 Å². The zero-order valence-corrected chi connectivity index (χ0v) is 7.45. The largest absolute Gasteiger partial charge is 0.395 e. The maximum Gasteiger partial charge on any atom is 0.0558 e. The summed E-state index contributed by atoms with van der Waals surface area (Å²) in [4.78, 5) is 2.16. The van der Waals surface area contributed by atoms with Crippen molar-refractivity contribution < 1.29 is 5.11 Å². The van der Waals surface area contributed by atoms with Crippen molar-refractivity contribution in [2.75, 3.05) is 39.8 Å². The van der Waals surface area contributed by atoms with E-state index >= 15 is 0 Å². The molecule has 0 aliphatic carbocycles. The molecular weight excluding hydrogens is 142 g/mol. The van der Waals surface area contributed by atoms with Gasteiger partial charge < -0.3 is 10.0 Å². The molecule has 0 atom stereocenters. The average Bonchev–Trinajstić information content (AvgIpc) is 1.97. The van der Waals surface area contributed by atoms with Crippen molar-refractivity contribution >= 4 is 0 Å². The van der Waals surface area contributed by atoms with Crippen LogP contribution < -0.4 is 5.84 Å². The minimum Gasteiger partial charge on any atom is -0.395 e. The van der Waals surface area contributed by atoms with Gasteiger partial charge in [0.2, 0.25) is 0 Å². The highest BCUT2D eigenvalue weighted by atomic mass is 16.3. The minimum absolute atomic E-state index is 0.224. The molecule has 0 radical (unpaired) electrons. The summed E-state index contributed by atoms with van der Waals surface area (Å²) in [5.41, 5.74) is 0. The third-order valence-corrected chi connectivity index (χ3v) is 1.63. The van der Waals surface area contributed by atoms with Crippen LogP contribution in [-0.2, 0) is 0 Å². The highest BCUT2D eigenvalue weighted by Crippen LogP contribution is 1.85. The first-order valence-corrected chi connectivity index (χ1v) is 3.99. The number of likely N-dealkylation sites (N-methyl/N-ethyl adjacent to an activating group) is 2. The second kappa shape index (κ2) is 6.54. The second-order valence-electron chi connectivity index (χ2n) is 2.64. The summed E-state index contributed by atoms with van der Waals surface area (Å²) in [6, 6.07) is 0. The van der Waals surface area contributed by atoms with E-state index in [0.717, 1.165) is 26.2 Å². The molecule has 68 valence electrons. The van der Waals surface area contributed by atoms with Crippen molar-refractivity contribution in [2.24, 2.45) is 5.84 Å². The van der Waals surface area contributed by atoms with E-state index < -0.39 is 0 Å². The molecule has 0 amide bonds. The van der Waals surface area contributed by atoms with Crippen LogP contribution in [0.15, 0.2) is 0 Å². The quantitative estimate of drug-likeness (QED) is 0.392. The predicted octanol–water partition coefficient (Wildman–Crippen LogP) is -0.894. The van der Waals surface area contributed by atoms with Gasteiger partial charge in [-0.25, -0.2) is 5.01 Å². The summed E-state index contributed by atoms with van der Waals surface area (Å²) < 4.78 is 0. The highest BCUT2D eigenvalue weighted by Gasteiger charge is 2.00. The fourth-order valence-electron chi connectivity index (χ4n) is 0.869. The van der Waals surface area contributed by atoms with Gasteiger partial charge in [-0.3, -0.25) is 5.84 Å². The molecule has 0 unspecified atom stereocenters. The van der Waals surface area contributed by atoms with Crippen molar-refractivity contribution in [3.8, 4) is 0 Å². The van der Waals surface area contributed by atoms with Crippen molar-refractivity contribution in [2.45, 2.75) is 6.92 Å². The lowest BCUT2D eigenvalue weighted by Gasteiger charge is -2.20. The van der Waals surface area contributed by atoms with Crippen LogP contribution in [0.5, 0.6) is 0 Å². The molecule has 0 aliphatic heterocycles. The predicted molar refractivity (Wildman–Crippen MR) is 46.0 cm³/mol. The third kappa shape index (κ3) is 6.25. The molecule has 4 nitrogen and oxygen atoms in total. The van der Waals surface area contributed by atoms with Gasteiger partial charge in [0.05, 0.1) is 6.61 Å². The Balaban J connectivity index is 3.35. The van der Waals surface area contributed by atoms with Gasteiger partial charge in [0.25, 0.3) is 0 Å². The molecule has 0 heterocycles. The van der Waals surface area contributed by atoms with E-state index in [1.54, 1.807) is 5.01 Å². The number of aliphatic hydroxyl groups is 1. The van der Waals surface area contributed by atoms with Crippen LogP contribution in [-0.4, -0.2) is 54.8 Å². The fourth-order valence-corrected chi connectivity index (χ4v) is 0.869. The monoisotopic (exact) mass is 161 g/mol. The molecule has 0 aromatic rings. The van der Waals surface area contributed by atoms with Gasteiger partial charge in [0.1, 0.15) is 0 Å². The van der Waals surface area contributed by atoms with E-state index in [-0.39, 0.29) is 6.61 Å². The van der Waals surface area contributed by atoms with Gasteiger partial charge >= 0.3 is 0 Å². The van der Waals surface area contributed by atoms with Crippen molar-refractivity contribution in [3.05, 3.63) is 0 Å². The van der Waals surface area contributed by atoms with Crippen molar-refractivity contribution in [3.63, 3.8) is 0 Å². The molecule has 0 aromatic carbocycles. The first-order valence-electron chi connectivity index (χ1n) is 3.99. The lowest BCUT2D eigenvalue weighted by Crippen LogP contribution is -2.37. The number of hydrazine groups is 1. The molecule has 0 saturated carbocycles. The van der Waals surface area contributed by atoms with Crippen LogP contribution in [0.1, 0.15) is 6.92 Å². The number of rotatable bonds is 6. The summed E-state index contributed by atoms with van der Waals surface area (Å²) in [7, 11) is 1.84. The minimum atomic E-state index is 0.224. The normalized spacial score (nSPS) is 11.5. The van der Waals surface area contributed by atoms with Crippen LogP contribution >= 0.6 is 0 Å². The zero-order valence-electron chi connectivity index (χ0n) is 7.45. The standard InChI is InChI=1S/C7H19N3O/c1-3-10(6-7-11)5-4-9(2)8/h11H,3-8H2,1-2H3. The molecule has 0 spiro atoms. The molecule has 0 saturated heterocycles. The number of nitrogens with two attached hydrogens (primary N) is 1. The van der Waals surface area contributed by atoms with E-state index in [1.165, 1.54) is 0 Å². The van der Waals surface area contributed by atoms with E-state index in [4.69, 9.17) is 10.9 Å². The summed E-state index contributed by atoms with van der Waals surface area (Å²) in [5.74, 6) is 5.44. The Labute approximate surface area is 68.6 Å². The smallest absolute Gasteiger partial charge is 0.0558 e. The highest BCUT2D eigenvalue weighted by molar-refractivity contribution is 4.55. The molecule has 0 bridgehead atoms. The Kier molecular flexibility index (Phi) is 6.45. The van der Waals surface area contributed by atoms with Crippen molar-refractivity contribution in [1.29, 1.82) is 0 Å². The van der Waals surface area contributed by atoms with Gasteiger partial charge in [0.15, 0.2) is 0 Å². The van der Waals surface area contributed by atoms with Gasteiger partial charge in [-0.15, -0.1) is 0 Å². The molecule has 0 rings (SSSR count). The van der Waals surface area contributed by atoms with Crippen LogP contribution in [0.3, 0.4) is 0 Å². The molecule has 11 heavy (non-hydrogen) atoms. The number of hydrogen-bond donors (Lipinski definition) is 2. The number of hydrogen-bond acceptors (Lipinski definition) is 4. The lowest BCUT2D eigenvalue weighted by molar-refractivity contribution is 0.184. The number of aliphatic hydroxyl groups excluding tert-OH is 1. The first kappa shape index (κ1) is 10.8. The Bertz CT molecular complexity index is 87.8. The summed E-state index contributed by atoms with van der Waals surface area (Å²) in [6.45, 7) is 5.77. The Morgan fingerprint density at radius 2 is 1.91 bits per heavy atom. The Hall–Kier alpha value is -0.160. The Morgan fingerprint density at radius 3 is 2.27 bits per heavy atom. The molecule has 0 aliphatic rings. The topological polar surface area (TPSA) is 52.7 Å². The van der Waals surface area contributed by atoms with Gasteiger partial charge in [-0.1, -0.05) is 6.92 Å². The summed E-state index contributed by atoms with van der Waals surface area (Å²) in [5, 5.41) is 10.3. The molecular formula is C7H19N3O. The lowest BCUT2D eigenvalue weighted by atomic mass is 10.4. The van der Waals surface area contributed by atoms with Crippen LogP contribution in [0, 0.1) is 0 Å². The number of nitrogens with zero attached hydrogens (tertiary/aromatic N) is 2. The average molecular weight is 161 g/mol. The van der Waals surface area contributed by atoms with E-state index in [9.17, 15) is 0 Å². The molecule has 0 aromatic heterocycles. The third-order valence-electron chi connectivity index (χ3n) is 1.63. The molecule has 4 heteroatoms. The van der Waals surface area contributed by atoms with Gasteiger partial charge in [-0.2, -0.15) is 0 Å². The van der Waals surface area contributed by atoms with Gasteiger partial charge in [0, 0.05) is 26.7 Å². The summed E-state index contributed by atoms with van der Waals surface area (Å²) >= 11 is 0. The SMILES string of the molecule is CCN(CCO)CCN(C)N. The molecule has 0 fully saturated rings. The van der Waals surface area contributed by atoms with Crippen molar-refractivity contribution in [1.82, 2.24) is 9.91 Å². The zero-order chi connectivity index (χ0) is 8.69. The summed E-state index contributed by atoms with van der Waals surface area (Å²) in [6.07, 6.45) is 0. The van der Waals surface area contributed by atoms with E-state index in [1.807, 2.05) is 7.05 Å². The van der Waals surface area contributed by atoms with Crippen LogP contribution in [0.25, 0.3) is 0 Å². The first-order chi connectivity index (χ1) is 5.20. The van der Waals surface area contributed by atoms with E-state index in [0.29, 0.717) is 0 Å². The molecule has 3 N–H and O–H groups in total.